The quantitative estimate of drug-likeness (QED) is 0.418. The van der Waals surface area contributed by atoms with Gasteiger partial charge in [-0.05, 0) is 37.5 Å². The van der Waals surface area contributed by atoms with Crippen molar-refractivity contribution < 1.29 is 63.8 Å². The molecular formula is C12H15FeMnO6. The van der Waals surface area contributed by atoms with E-state index in [1.54, 1.807) is 0 Å². The third kappa shape index (κ3) is 36.0. The van der Waals surface area contributed by atoms with Crippen LogP contribution in [0, 0.1) is 0 Å². The molecule has 6 nitrogen and oxygen atoms in total. The van der Waals surface area contributed by atoms with Crippen LogP contribution in [0.4, 0.5) is 0 Å². The molecule has 0 aromatic rings. The molecule has 0 amide bonds. The van der Waals surface area contributed by atoms with E-state index in [0.717, 1.165) is 0 Å². The normalized spacial score (nSPS) is 6.75. The first-order chi connectivity index (χ1) is 7.93. The van der Waals surface area contributed by atoms with Crippen molar-refractivity contribution in [2.45, 2.75) is 20.8 Å². The van der Waals surface area contributed by atoms with Crippen molar-refractivity contribution in [3.05, 3.63) is 36.5 Å². The van der Waals surface area contributed by atoms with Crippen LogP contribution in [0.5, 0.6) is 0 Å². The zero-order chi connectivity index (χ0) is 15.5. The molecule has 0 saturated carbocycles. The monoisotopic (exact) mass is 366 g/mol. The molecule has 8 heteroatoms. The van der Waals surface area contributed by atoms with Crippen molar-refractivity contribution in [1.82, 2.24) is 0 Å². The van der Waals surface area contributed by atoms with Crippen molar-refractivity contribution in [2.75, 3.05) is 0 Å². The van der Waals surface area contributed by atoms with Crippen LogP contribution in [0.25, 0.3) is 0 Å². The number of aliphatic carboxylic acids is 3. The fourth-order valence-electron chi connectivity index (χ4n) is 0. The van der Waals surface area contributed by atoms with Gasteiger partial charge in [0.05, 0.1) is 17.9 Å². The van der Waals surface area contributed by atoms with Crippen molar-refractivity contribution in [2.24, 2.45) is 0 Å². The third-order valence-corrected chi connectivity index (χ3v) is 1.05. The van der Waals surface area contributed by atoms with Gasteiger partial charge in [0.2, 0.25) is 0 Å². The SMILES string of the molecule is C=C(C)C(=O)[O-].C=C(C)C(=O)[O-].C=C(C)C(=O)[O-].[Fe+3].[Mn]. The average molecular weight is 366 g/mol. The Hall–Kier alpha value is -1.33. The molecule has 114 valence electrons. The van der Waals surface area contributed by atoms with E-state index in [9.17, 15) is 29.7 Å². The Morgan fingerprint density at radius 3 is 0.700 bits per heavy atom. The summed E-state index contributed by atoms with van der Waals surface area (Å²) in [7, 11) is 0. The van der Waals surface area contributed by atoms with Gasteiger partial charge in [0.1, 0.15) is 0 Å². The van der Waals surface area contributed by atoms with Gasteiger partial charge < -0.3 is 29.7 Å². The van der Waals surface area contributed by atoms with Crippen LogP contribution in [0.1, 0.15) is 20.8 Å². The van der Waals surface area contributed by atoms with Gasteiger partial charge in [0.15, 0.2) is 0 Å². The fourth-order valence-corrected chi connectivity index (χ4v) is 0. The number of carboxylic acid groups (broad SMARTS) is 3. The summed E-state index contributed by atoms with van der Waals surface area (Å²) in [5, 5.41) is 28.5. The van der Waals surface area contributed by atoms with E-state index < -0.39 is 17.9 Å². The molecule has 20 heavy (non-hydrogen) atoms. The van der Waals surface area contributed by atoms with E-state index in [0.29, 0.717) is 0 Å². The summed E-state index contributed by atoms with van der Waals surface area (Å²) in [6.45, 7) is 13.4. The van der Waals surface area contributed by atoms with E-state index >= 15 is 0 Å². The first kappa shape index (κ1) is 31.2. The summed E-state index contributed by atoms with van der Waals surface area (Å²) >= 11 is 0. The Morgan fingerprint density at radius 1 is 0.650 bits per heavy atom. The van der Waals surface area contributed by atoms with Gasteiger partial charge in [-0.1, -0.05) is 19.7 Å². The largest absolute Gasteiger partial charge is 3.00 e. The molecule has 0 aromatic heterocycles. The van der Waals surface area contributed by atoms with Crippen LogP contribution in [0.2, 0.25) is 0 Å². The predicted molar refractivity (Wildman–Crippen MR) is 59.5 cm³/mol. The minimum Gasteiger partial charge on any atom is -0.545 e. The molecule has 0 spiro atoms. The topological polar surface area (TPSA) is 120 Å². The summed E-state index contributed by atoms with van der Waals surface area (Å²) < 4.78 is 0. The maximum Gasteiger partial charge on any atom is 3.00 e. The fraction of sp³-hybridized carbons (Fsp3) is 0.250. The summed E-state index contributed by atoms with van der Waals surface area (Å²) in [6.07, 6.45) is 0. The van der Waals surface area contributed by atoms with E-state index in [1.807, 2.05) is 0 Å². The molecule has 0 saturated heterocycles. The molecule has 0 rings (SSSR count). The average Bonchev–Trinajstić information content (AvgIpc) is 2.18. The van der Waals surface area contributed by atoms with Crippen LogP contribution in [0.3, 0.4) is 0 Å². The second kappa shape index (κ2) is 17.7. The molecule has 0 aliphatic heterocycles. The molecule has 0 atom stereocenters. The van der Waals surface area contributed by atoms with E-state index in [4.69, 9.17) is 0 Å². The van der Waals surface area contributed by atoms with Gasteiger partial charge in [-0.2, -0.15) is 0 Å². The molecule has 2 radical (unpaired) electrons. The standard InChI is InChI=1S/3C4H6O2.Fe.Mn/c3*1-3(2)4(5)6;;/h3*1H2,2H3,(H,5,6);;/q;;;+3;/p-3. The minimum absolute atomic E-state index is 0. The van der Waals surface area contributed by atoms with Gasteiger partial charge in [-0.15, -0.1) is 0 Å². The van der Waals surface area contributed by atoms with E-state index in [1.165, 1.54) is 20.8 Å². The van der Waals surface area contributed by atoms with Gasteiger partial charge >= 0.3 is 17.1 Å². The van der Waals surface area contributed by atoms with Crippen molar-refractivity contribution in [1.29, 1.82) is 0 Å². The number of carboxylic acids is 3. The Labute approximate surface area is 139 Å². The van der Waals surface area contributed by atoms with Gasteiger partial charge in [-0.25, -0.2) is 0 Å². The molecule has 0 unspecified atom stereocenters. The Morgan fingerprint density at radius 2 is 0.700 bits per heavy atom. The second-order valence-electron chi connectivity index (χ2n) is 3.20. The summed E-state index contributed by atoms with van der Waals surface area (Å²) in [5.41, 5.74) is 0.194. The van der Waals surface area contributed by atoms with E-state index in [-0.39, 0.29) is 50.9 Å². The van der Waals surface area contributed by atoms with Gasteiger partial charge in [0.25, 0.3) is 0 Å². The maximum absolute atomic E-state index is 9.49. The van der Waals surface area contributed by atoms with Gasteiger partial charge in [0, 0.05) is 17.1 Å². The van der Waals surface area contributed by atoms with Crippen LogP contribution in [-0.2, 0) is 48.5 Å². The zero-order valence-electron chi connectivity index (χ0n) is 11.3. The number of hydrogen-bond acceptors (Lipinski definition) is 6. The van der Waals surface area contributed by atoms with Crippen LogP contribution >= 0.6 is 0 Å². The number of carbonyl (C=O) groups is 3. The maximum atomic E-state index is 9.49. The molecule has 0 fully saturated rings. The third-order valence-electron chi connectivity index (χ3n) is 1.05. The first-order valence-electron chi connectivity index (χ1n) is 4.54. The summed E-state index contributed by atoms with van der Waals surface area (Å²) in [6, 6.07) is 0. The number of carbonyl (C=O) groups excluding carboxylic acids is 3. The Balaban J connectivity index is -0.0000000536. The van der Waals surface area contributed by atoms with Crippen LogP contribution in [0.15, 0.2) is 36.5 Å². The minimum atomic E-state index is -1.19. The van der Waals surface area contributed by atoms with Crippen LogP contribution < -0.4 is 15.3 Å². The smallest absolute Gasteiger partial charge is 0.545 e. The first-order valence-corrected chi connectivity index (χ1v) is 4.54. The second-order valence-corrected chi connectivity index (χ2v) is 3.20. The molecule has 0 aliphatic carbocycles. The summed E-state index contributed by atoms with van der Waals surface area (Å²) in [5.74, 6) is -3.56. The molecular weight excluding hydrogens is 351 g/mol. The molecule has 0 aromatic carbocycles. The van der Waals surface area contributed by atoms with Crippen molar-refractivity contribution >= 4 is 17.9 Å². The molecule has 0 heterocycles. The van der Waals surface area contributed by atoms with Crippen molar-refractivity contribution in [3.8, 4) is 0 Å². The number of rotatable bonds is 3. The molecule has 0 N–H and O–H groups in total. The summed E-state index contributed by atoms with van der Waals surface area (Å²) in [4.78, 5) is 28.5. The molecule has 0 aliphatic rings. The molecule has 0 bridgehead atoms. The zero-order valence-corrected chi connectivity index (χ0v) is 13.6. The van der Waals surface area contributed by atoms with Crippen LogP contribution in [-0.4, -0.2) is 17.9 Å². The predicted octanol–water partition coefficient (Wildman–Crippen LogP) is -2.07. The number of hydrogen-bond donors (Lipinski definition) is 0. The van der Waals surface area contributed by atoms with Gasteiger partial charge in [-0.3, -0.25) is 0 Å². The Kier molecular flexibility index (Phi) is 27.6. The van der Waals surface area contributed by atoms with Crippen molar-refractivity contribution in [3.63, 3.8) is 0 Å². The van der Waals surface area contributed by atoms with E-state index in [2.05, 4.69) is 19.7 Å². The Bertz CT molecular complexity index is 283.